The summed E-state index contributed by atoms with van der Waals surface area (Å²) in [6, 6.07) is 0.449. The van der Waals surface area contributed by atoms with Crippen LogP contribution in [0, 0.1) is 6.92 Å². The van der Waals surface area contributed by atoms with Crippen molar-refractivity contribution in [2.75, 3.05) is 19.8 Å². The Morgan fingerprint density at radius 3 is 2.88 bits per heavy atom. The first-order valence-corrected chi connectivity index (χ1v) is 5.97. The molecule has 16 heavy (non-hydrogen) atoms. The summed E-state index contributed by atoms with van der Waals surface area (Å²) in [4.78, 5) is 2.39. The Kier molecular flexibility index (Phi) is 3.52. The van der Waals surface area contributed by atoms with Gasteiger partial charge in [-0.3, -0.25) is 9.58 Å². The van der Waals surface area contributed by atoms with Crippen molar-refractivity contribution in [1.29, 1.82) is 0 Å². The Hall–Kier alpha value is -0.580. The van der Waals surface area contributed by atoms with Crippen molar-refractivity contribution in [2.45, 2.75) is 26.4 Å². The molecule has 0 aromatic carbocycles. The average Bonchev–Trinajstić information content (AvgIpc) is 2.48. The molecule has 0 spiro atoms. The van der Waals surface area contributed by atoms with Crippen LogP contribution in [0.15, 0.2) is 0 Å². The quantitative estimate of drug-likeness (QED) is 0.791. The summed E-state index contributed by atoms with van der Waals surface area (Å²) in [6.07, 6.45) is 0. The third-order valence-electron chi connectivity index (χ3n) is 3.14. The third kappa shape index (κ3) is 2.24. The standard InChI is InChI=1S/C11H18ClN3O/c1-8-7-16-5-4-15(8)6-10-9(2)13-14(3)11(10)12/h8H,4-7H2,1-3H3. The smallest absolute Gasteiger partial charge is 0.131 e. The SMILES string of the molecule is Cc1nn(C)c(Cl)c1CN1CCOCC1C. The molecule has 0 amide bonds. The minimum atomic E-state index is 0.449. The zero-order valence-corrected chi connectivity index (χ0v) is 10.8. The molecule has 2 heterocycles. The molecular weight excluding hydrogens is 226 g/mol. The lowest BCUT2D eigenvalue weighted by molar-refractivity contribution is -0.00444. The second kappa shape index (κ2) is 4.73. The highest BCUT2D eigenvalue weighted by molar-refractivity contribution is 6.30. The molecule has 0 N–H and O–H groups in total. The summed E-state index contributed by atoms with van der Waals surface area (Å²) in [7, 11) is 1.88. The van der Waals surface area contributed by atoms with Crippen molar-refractivity contribution in [2.24, 2.45) is 7.05 Å². The second-order valence-corrected chi connectivity index (χ2v) is 4.73. The number of aryl methyl sites for hydroxylation is 2. The highest BCUT2D eigenvalue weighted by Crippen LogP contribution is 2.22. The van der Waals surface area contributed by atoms with E-state index in [0.717, 1.165) is 42.7 Å². The van der Waals surface area contributed by atoms with Gasteiger partial charge < -0.3 is 4.74 Å². The van der Waals surface area contributed by atoms with Crippen LogP contribution < -0.4 is 0 Å². The van der Waals surface area contributed by atoms with Gasteiger partial charge in [-0.2, -0.15) is 5.10 Å². The normalized spacial score (nSPS) is 22.6. The summed E-state index contributed by atoms with van der Waals surface area (Å²) in [5.41, 5.74) is 2.16. The van der Waals surface area contributed by atoms with Crippen LogP contribution >= 0.6 is 11.6 Å². The van der Waals surface area contributed by atoms with E-state index in [4.69, 9.17) is 16.3 Å². The van der Waals surface area contributed by atoms with E-state index in [-0.39, 0.29) is 0 Å². The van der Waals surface area contributed by atoms with Crippen molar-refractivity contribution >= 4 is 11.6 Å². The minimum Gasteiger partial charge on any atom is -0.379 e. The fourth-order valence-electron chi connectivity index (χ4n) is 2.05. The van der Waals surface area contributed by atoms with Crippen LogP contribution in [0.3, 0.4) is 0 Å². The number of hydrogen-bond donors (Lipinski definition) is 0. The van der Waals surface area contributed by atoms with Crippen molar-refractivity contribution in [3.63, 3.8) is 0 Å². The van der Waals surface area contributed by atoms with Crippen LogP contribution in [0.1, 0.15) is 18.2 Å². The van der Waals surface area contributed by atoms with Gasteiger partial charge >= 0.3 is 0 Å². The number of halogens is 1. The zero-order valence-electron chi connectivity index (χ0n) is 10.0. The van der Waals surface area contributed by atoms with Crippen LogP contribution in [0.25, 0.3) is 0 Å². The van der Waals surface area contributed by atoms with Gasteiger partial charge in [0.2, 0.25) is 0 Å². The lowest BCUT2D eigenvalue weighted by Gasteiger charge is -2.33. The number of nitrogens with zero attached hydrogens (tertiary/aromatic N) is 3. The molecule has 0 saturated carbocycles. The van der Waals surface area contributed by atoms with Crippen molar-refractivity contribution in [3.05, 3.63) is 16.4 Å². The van der Waals surface area contributed by atoms with Gasteiger partial charge in [-0.25, -0.2) is 0 Å². The van der Waals surface area contributed by atoms with Gasteiger partial charge in [0, 0.05) is 31.7 Å². The van der Waals surface area contributed by atoms with Crippen LogP contribution in [0.4, 0.5) is 0 Å². The summed E-state index contributed by atoms with van der Waals surface area (Å²) < 4.78 is 7.15. The summed E-state index contributed by atoms with van der Waals surface area (Å²) >= 11 is 6.22. The topological polar surface area (TPSA) is 30.3 Å². The van der Waals surface area contributed by atoms with E-state index < -0.39 is 0 Å². The Bertz CT molecular complexity index is 378. The van der Waals surface area contributed by atoms with Crippen molar-refractivity contribution in [1.82, 2.24) is 14.7 Å². The molecule has 1 atom stereocenters. The van der Waals surface area contributed by atoms with Crippen LogP contribution in [-0.4, -0.2) is 40.5 Å². The van der Waals surface area contributed by atoms with Gasteiger partial charge in [-0.15, -0.1) is 0 Å². The van der Waals surface area contributed by atoms with E-state index in [1.165, 1.54) is 0 Å². The van der Waals surface area contributed by atoms with Crippen molar-refractivity contribution < 1.29 is 4.74 Å². The van der Waals surface area contributed by atoms with E-state index in [2.05, 4.69) is 16.9 Å². The second-order valence-electron chi connectivity index (χ2n) is 4.37. The predicted molar refractivity (Wildman–Crippen MR) is 63.6 cm³/mol. The number of rotatable bonds is 2. The number of ether oxygens (including phenoxy) is 1. The van der Waals surface area contributed by atoms with Crippen LogP contribution in [0.5, 0.6) is 0 Å². The maximum atomic E-state index is 6.22. The Morgan fingerprint density at radius 1 is 1.56 bits per heavy atom. The molecule has 1 unspecified atom stereocenters. The van der Waals surface area contributed by atoms with E-state index in [9.17, 15) is 0 Å². The fraction of sp³-hybridized carbons (Fsp3) is 0.727. The highest BCUT2D eigenvalue weighted by atomic mass is 35.5. The van der Waals surface area contributed by atoms with E-state index in [1.807, 2.05) is 14.0 Å². The molecule has 0 aliphatic carbocycles. The molecule has 1 saturated heterocycles. The lowest BCUT2D eigenvalue weighted by atomic mass is 10.2. The molecule has 1 fully saturated rings. The third-order valence-corrected chi connectivity index (χ3v) is 3.61. The molecule has 1 aliphatic heterocycles. The van der Waals surface area contributed by atoms with E-state index in [0.29, 0.717) is 6.04 Å². The molecule has 1 aromatic heterocycles. The fourth-order valence-corrected chi connectivity index (χ4v) is 2.29. The highest BCUT2D eigenvalue weighted by Gasteiger charge is 2.22. The summed E-state index contributed by atoms with van der Waals surface area (Å²) in [6.45, 7) is 7.62. The average molecular weight is 244 g/mol. The Labute approximate surface area is 101 Å². The summed E-state index contributed by atoms with van der Waals surface area (Å²) in [5, 5.41) is 5.07. The van der Waals surface area contributed by atoms with Crippen molar-refractivity contribution in [3.8, 4) is 0 Å². The maximum absolute atomic E-state index is 6.22. The van der Waals surface area contributed by atoms with Crippen LogP contribution in [-0.2, 0) is 18.3 Å². The molecule has 1 aromatic rings. The van der Waals surface area contributed by atoms with Gasteiger partial charge in [0.1, 0.15) is 5.15 Å². The zero-order chi connectivity index (χ0) is 11.7. The van der Waals surface area contributed by atoms with Gasteiger partial charge in [-0.1, -0.05) is 11.6 Å². The molecule has 0 bridgehead atoms. The molecule has 90 valence electrons. The van der Waals surface area contributed by atoms with E-state index in [1.54, 1.807) is 4.68 Å². The van der Waals surface area contributed by atoms with Gasteiger partial charge in [0.25, 0.3) is 0 Å². The first-order valence-electron chi connectivity index (χ1n) is 5.59. The molecule has 0 radical (unpaired) electrons. The minimum absolute atomic E-state index is 0.449. The Balaban J connectivity index is 2.13. The monoisotopic (exact) mass is 243 g/mol. The number of hydrogen-bond acceptors (Lipinski definition) is 3. The maximum Gasteiger partial charge on any atom is 0.131 e. The van der Waals surface area contributed by atoms with Crippen LogP contribution in [0.2, 0.25) is 5.15 Å². The number of aromatic nitrogens is 2. The molecule has 1 aliphatic rings. The molecule has 4 nitrogen and oxygen atoms in total. The predicted octanol–water partition coefficient (Wildman–Crippen LogP) is 1.60. The first kappa shape index (κ1) is 11.9. The van der Waals surface area contributed by atoms with Gasteiger partial charge in [0.05, 0.1) is 18.9 Å². The molecule has 2 rings (SSSR count). The molecule has 5 heteroatoms. The van der Waals surface area contributed by atoms with E-state index >= 15 is 0 Å². The van der Waals surface area contributed by atoms with Gasteiger partial charge in [-0.05, 0) is 13.8 Å². The lowest BCUT2D eigenvalue weighted by Crippen LogP contribution is -2.43. The molecular formula is C11H18ClN3O. The number of morpholine rings is 1. The Morgan fingerprint density at radius 2 is 2.31 bits per heavy atom. The summed E-state index contributed by atoms with van der Waals surface area (Å²) in [5.74, 6) is 0. The van der Waals surface area contributed by atoms with Gasteiger partial charge in [0.15, 0.2) is 0 Å². The first-order chi connectivity index (χ1) is 7.59. The largest absolute Gasteiger partial charge is 0.379 e.